The molecule has 0 atom stereocenters. The molecule has 0 saturated carbocycles. The van der Waals surface area contributed by atoms with E-state index in [2.05, 4.69) is 25.3 Å². The Bertz CT molecular complexity index is 746. The van der Waals surface area contributed by atoms with Crippen molar-refractivity contribution in [2.75, 3.05) is 31.6 Å². The molecular formula is C18H22N6O2. The zero-order chi connectivity index (χ0) is 17.8. The molecule has 136 valence electrons. The molecular weight excluding hydrogens is 332 g/mol. The highest BCUT2D eigenvalue weighted by atomic mass is 16.5. The molecule has 8 nitrogen and oxygen atoms in total. The van der Waals surface area contributed by atoms with Gasteiger partial charge >= 0.3 is 0 Å². The monoisotopic (exact) mass is 354 g/mol. The Morgan fingerprint density at radius 2 is 1.92 bits per heavy atom. The third-order valence-corrected chi connectivity index (χ3v) is 5.22. The third-order valence-electron chi connectivity index (χ3n) is 5.22. The molecule has 0 bridgehead atoms. The molecule has 1 N–H and O–H groups in total. The van der Waals surface area contributed by atoms with Crippen LogP contribution in [-0.2, 0) is 11.3 Å². The first-order valence-corrected chi connectivity index (χ1v) is 8.92. The lowest BCUT2D eigenvalue weighted by molar-refractivity contribution is 0.0191. The fourth-order valence-electron chi connectivity index (χ4n) is 3.62. The fraction of sp³-hybridized carbons (Fsp3) is 0.500. The van der Waals surface area contributed by atoms with Crippen LogP contribution in [0.4, 0.5) is 5.95 Å². The normalized spacial score (nSPS) is 18.8. The standard InChI is InChI=1S/C18H22N6O2/c25-16(24-6-1-18(13-24)2-7-26-8-3-18)14-9-21-17(22-10-14)23-12-15-11-19-4-5-20-15/h4-5,9-11H,1-3,6-8,12-13H2,(H,21,22,23). The molecule has 2 aliphatic heterocycles. The first kappa shape index (κ1) is 16.8. The molecule has 0 radical (unpaired) electrons. The second-order valence-corrected chi connectivity index (χ2v) is 6.93. The van der Waals surface area contributed by atoms with Crippen molar-refractivity contribution in [2.45, 2.75) is 25.8 Å². The van der Waals surface area contributed by atoms with Crippen LogP contribution in [0.1, 0.15) is 35.3 Å². The van der Waals surface area contributed by atoms with Gasteiger partial charge < -0.3 is 15.0 Å². The summed E-state index contributed by atoms with van der Waals surface area (Å²) in [7, 11) is 0. The largest absolute Gasteiger partial charge is 0.381 e. The summed E-state index contributed by atoms with van der Waals surface area (Å²) < 4.78 is 5.47. The topological polar surface area (TPSA) is 93.1 Å². The minimum absolute atomic E-state index is 0.00819. The SMILES string of the molecule is O=C(c1cnc(NCc2cnccn2)nc1)N1CCC2(CCOCC2)C1. The summed E-state index contributed by atoms with van der Waals surface area (Å²) in [6.07, 6.45) is 11.3. The summed E-state index contributed by atoms with van der Waals surface area (Å²) in [6, 6.07) is 0. The summed E-state index contributed by atoms with van der Waals surface area (Å²) in [5.74, 6) is 0.475. The van der Waals surface area contributed by atoms with E-state index in [1.54, 1.807) is 31.0 Å². The van der Waals surface area contributed by atoms with Crippen LogP contribution >= 0.6 is 0 Å². The van der Waals surface area contributed by atoms with Gasteiger partial charge in [-0.1, -0.05) is 0 Å². The van der Waals surface area contributed by atoms with Gasteiger partial charge in [0.05, 0.1) is 24.0 Å². The van der Waals surface area contributed by atoms with Crippen LogP contribution in [-0.4, -0.2) is 57.0 Å². The van der Waals surface area contributed by atoms with Gasteiger partial charge in [-0.25, -0.2) is 9.97 Å². The van der Waals surface area contributed by atoms with E-state index in [-0.39, 0.29) is 11.3 Å². The fourth-order valence-corrected chi connectivity index (χ4v) is 3.62. The van der Waals surface area contributed by atoms with Gasteiger partial charge in [0, 0.05) is 51.1 Å². The maximum atomic E-state index is 12.7. The Labute approximate surface area is 152 Å². The van der Waals surface area contributed by atoms with Crippen molar-refractivity contribution in [3.05, 3.63) is 42.2 Å². The van der Waals surface area contributed by atoms with E-state index in [1.807, 2.05) is 4.90 Å². The molecule has 4 heterocycles. The van der Waals surface area contributed by atoms with Gasteiger partial charge in [0.25, 0.3) is 5.91 Å². The van der Waals surface area contributed by atoms with E-state index in [9.17, 15) is 4.79 Å². The van der Waals surface area contributed by atoms with E-state index >= 15 is 0 Å². The molecule has 2 fully saturated rings. The van der Waals surface area contributed by atoms with Gasteiger partial charge in [0.2, 0.25) is 5.95 Å². The number of carbonyl (C=O) groups is 1. The summed E-state index contributed by atoms with van der Waals surface area (Å²) in [5, 5.41) is 3.08. The van der Waals surface area contributed by atoms with Crippen LogP contribution in [0.5, 0.6) is 0 Å². The zero-order valence-electron chi connectivity index (χ0n) is 14.6. The molecule has 2 aromatic heterocycles. The molecule has 0 aromatic carbocycles. The Kier molecular flexibility index (Phi) is 4.75. The summed E-state index contributed by atoms with van der Waals surface area (Å²) in [5.41, 5.74) is 1.57. The summed E-state index contributed by atoms with van der Waals surface area (Å²) in [4.78, 5) is 31.4. The number of anilines is 1. The Balaban J connectivity index is 1.35. The Morgan fingerprint density at radius 3 is 2.65 bits per heavy atom. The van der Waals surface area contributed by atoms with E-state index in [4.69, 9.17) is 4.74 Å². The first-order chi connectivity index (χ1) is 12.7. The smallest absolute Gasteiger partial charge is 0.257 e. The van der Waals surface area contributed by atoms with Crippen molar-refractivity contribution in [2.24, 2.45) is 5.41 Å². The van der Waals surface area contributed by atoms with Gasteiger partial charge in [0.15, 0.2) is 0 Å². The summed E-state index contributed by atoms with van der Waals surface area (Å²) >= 11 is 0. The highest BCUT2D eigenvalue weighted by Crippen LogP contribution is 2.40. The molecule has 1 spiro atoms. The van der Waals surface area contributed by atoms with Crippen LogP contribution in [0.15, 0.2) is 31.0 Å². The van der Waals surface area contributed by atoms with Crippen molar-refractivity contribution in [3.8, 4) is 0 Å². The number of carbonyl (C=O) groups excluding carboxylic acids is 1. The van der Waals surface area contributed by atoms with Crippen LogP contribution in [0.3, 0.4) is 0 Å². The predicted molar refractivity (Wildman–Crippen MR) is 94.4 cm³/mol. The highest BCUT2D eigenvalue weighted by Gasteiger charge is 2.41. The molecule has 2 saturated heterocycles. The minimum Gasteiger partial charge on any atom is -0.381 e. The van der Waals surface area contributed by atoms with Crippen LogP contribution in [0, 0.1) is 5.41 Å². The predicted octanol–water partition coefficient (Wildman–Crippen LogP) is 1.52. The number of rotatable bonds is 4. The number of hydrogen-bond acceptors (Lipinski definition) is 7. The number of aromatic nitrogens is 4. The van der Waals surface area contributed by atoms with Crippen molar-refractivity contribution in [3.63, 3.8) is 0 Å². The minimum atomic E-state index is 0.00819. The van der Waals surface area contributed by atoms with Gasteiger partial charge in [-0.3, -0.25) is 14.8 Å². The second kappa shape index (κ2) is 7.33. The van der Waals surface area contributed by atoms with Crippen molar-refractivity contribution in [1.29, 1.82) is 0 Å². The molecule has 8 heteroatoms. The lowest BCUT2D eigenvalue weighted by Gasteiger charge is -2.33. The van der Waals surface area contributed by atoms with E-state index in [0.29, 0.717) is 18.1 Å². The Hall–Kier alpha value is -2.61. The van der Waals surface area contributed by atoms with E-state index in [0.717, 1.165) is 51.3 Å². The molecule has 2 aromatic rings. The summed E-state index contributed by atoms with van der Waals surface area (Å²) in [6.45, 7) is 3.69. The second-order valence-electron chi connectivity index (χ2n) is 6.93. The molecule has 4 rings (SSSR count). The average molecular weight is 354 g/mol. The van der Waals surface area contributed by atoms with Crippen LogP contribution in [0.2, 0.25) is 0 Å². The van der Waals surface area contributed by atoms with Gasteiger partial charge in [-0.05, 0) is 24.7 Å². The van der Waals surface area contributed by atoms with Gasteiger partial charge in [-0.15, -0.1) is 0 Å². The molecule has 26 heavy (non-hydrogen) atoms. The van der Waals surface area contributed by atoms with E-state index < -0.39 is 0 Å². The lowest BCUT2D eigenvalue weighted by atomic mass is 9.80. The number of amides is 1. The molecule has 0 aliphatic carbocycles. The number of ether oxygens (including phenoxy) is 1. The zero-order valence-corrected chi connectivity index (χ0v) is 14.6. The van der Waals surface area contributed by atoms with Gasteiger partial charge in [0.1, 0.15) is 0 Å². The number of hydrogen-bond donors (Lipinski definition) is 1. The van der Waals surface area contributed by atoms with Gasteiger partial charge in [-0.2, -0.15) is 0 Å². The highest BCUT2D eigenvalue weighted by molar-refractivity contribution is 5.93. The number of likely N-dealkylation sites (tertiary alicyclic amines) is 1. The Morgan fingerprint density at radius 1 is 1.12 bits per heavy atom. The third kappa shape index (κ3) is 3.65. The average Bonchev–Trinajstić information content (AvgIpc) is 3.11. The van der Waals surface area contributed by atoms with Crippen LogP contribution < -0.4 is 5.32 Å². The molecule has 1 amide bonds. The number of nitrogens with zero attached hydrogens (tertiary/aromatic N) is 5. The molecule has 0 unspecified atom stereocenters. The first-order valence-electron chi connectivity index (χ1n) is 8.92. The maximum absolute atomic E-state index is 12.7. The van der Waals surface area contributed by atoms with Crippen LogP contribution in [0.25, 0.3) is 0 Å². The number of nitrogens with one attached hydrogen (secondary N) is 1. The lowest BCUT2D eigenvalue weighted by Crippen LogP contribution is -2.35. The molecule has 2 aliphatic rings. The van der Waals surface area contributed by atoms with E-state index in [1.165, 1.54) is 0 Å². The quantitative estimate of drug-likeness (QED) is 0.890. The van der Waals surface area contributed by atoms with Crippen molar-refractivity contribution < 1.29 is 9.53 Å². The maximum Gasteiger partial charge on any atom is 0.257 e. The van der Waals surface area contributed by atoms with Crippen molar-refractivity contribution in [1.82, 2.24) is 24.8 Å². The van der Waals surface area contributed by atoms with Crippen molar-refractivity contribution >= 4 is 11.9 Å².